The van der Waals surface area contributed by atoms with Gasteiger partial charge in [0, 0.05) is 23.3 Å². The van der Waals surface area contributed by atoms with Crippen LogP contribution in [0.1, 0.15) is 12.0 Å². The molecule has 1 N–H and O–H groups in total. The molecule has 1 aromatic rings. The lowest BCUT2D eigenvalue weighted by atomic mass is 9.97. The van der Waals surface area contributed by atoms with Crippen LogP contribution in [0, 0.1) is 5.92 Å². The zero-order chi connectivity index (χ0) is 11.3. The highest BCUT2D eigenvalue weighted by Crippen LogP contribution is 2.41. The van der Waals surface area contributed by atoms with Crippen molar-refractivity contribution in [3.63, 3.8) is 0 Å². The molecular weight excluding hydrogens is 226 g/mol. The number of anilines is 1. The van der Waals surface area contributed by atoms with Gasteiger partial charge in [-0.2, -0.15) is 0 Å². The van der Waals surface area contributed by atoms with E-state index < -0.39 is 5.97 Å². The average molecular weight is 238 g/mol. The molecule has 4 heteroatoms. The summed E-state index contributed by atoms with van der Waals surface area (Å²) in [6.07, 6.45) is 1.56. The summed E-state index contributed by atoms with van der Waals surface area (Å²) in [6, 6.07) is 5.96. The van der Waals surface area contributed by atoms with Crippen LogP contribution < -0.4 is 4.90 Å². The molecule has 0 radical (unpaired) electrons. The molecule has 2 heterocycles. The summed E-state index contributed by atoms with van der Waals surface area (Å²) >= 11 is 5.94. The number of benzene rings is 1. The monoisotopic (exact) mass is 237 g/mol. The van der Waals surface area contributed by atoms with Crippen molar-refractivity contribution >= 4 is 23.3 Å². The number of carboxylic acid groups (broad SMARTS) is 1. The smallest absolute Gasteiger partial charge is 0.308 e. The van der Waals surface area contributed by atoms with Crippen molar-refractivity contribution in [3.05, 3.63) is 28.8 Å². The maximum Gasteiger partial charge on any atom is 0.308 e. The summed E-state index contributed by atoms with van der Waals surface area (Å²) in [5.41, 5.74) is 2.35. The number of aliphatic carboxylic acids is 1. The highest BCUT2D eigenvalue weighted by Gasteiger charge is 2.43. The Morgan fingerprint density at radius 1 is 1.50 bits per heavy atom. The Kier molecular flexibility index (Phi) is 2.11. The minimum atomic E-state index is -0.675. The van der Waals surface area contributed by atoms with Crippen LogP contribution in [0.2, 0.25) is 5.02 Å². The largest absolute Gasteiger partial charge is 0.481 e. The summed E-state index contributed by atoms with van der Waals surface area (Å²) in [5, 5.41) is 9.87. The molecule has 2 aliphatic heterocycles. The fourth-order valence-corrected chi connectivity index (χ4v) is 3.11. The van der Waals surface area contributed by atoms with Crippen molar-refractivity contribution in [2.24, 2.45) is 5.92 Å². The van der Waals surface area contributed by atoms with E-state index in [2.05, 4.69) is 4.90 Å². The molecule has 2 aliphatic rings. The second-order valence-corrected chi connectivity index (χ2v) is 4.91. The molecule has 0 aromatic heterocycles. The van der Waals surface area contributed by atoms with Gasteiger partial charge in [0.05, 0.1) is 5.92 Å². The maximum absolute atomic E-state index is 11.1. The summed E-state index contributed by atoms with van der Waals surface area (Å²) in [7, 11) is 0. The number of hydrogen-bond donors (Lipinski definition) is 1. The van der Waals surface area contributed by atoms with Crippen LogP contribution >= 0.6 is 11.6 Å². The molecule has 0 saturated carbocycles. The summed E-state index contributed by atoms with van der Waals surface area (Å²) in [4.78, 5) is 13.3. The van der Waals surface area contributed by atoms with Crippen LogP contribution in [-0.4, -0.2) is 23.7 Å². The quantitative estimate of drug-likeness (QED) is 0.814. The highest BCUT2D eigenvalue weighted by molar-refractivity contribution is 6.30. The number of halogens is 1. The molecule has 1 fully saturated rings. The zero-order valence-corrected chi connectivity index (χ0v) is 9.44. The molecular formula is C12H12ClNO2. The van der Waals surface area contributed by atoms with E-state index >= 15 is 0 Å². The first kappa shape index (κ1) is 9.97. The van der Waals surface area contributed by atoms with E-state index in [0.717, 1.165) is 30.1 Å². The number of nitrogens with zero attached hydrogens (tertiary/aromatic N) is 1. The summed E-state index contributed by atoms with van der Waals surface area (Å²) in [5.74, 6) is -0.905. The highest BCUT2D eigenvalue weighted by atomic mass is 35.5. The van der Waals surface area contributed by atoms with Crippen LogP contribution in [0.25, 0.3) is 0 Å². The number of fused-ring (bicyclic) bond motifs is 3. The van der Waals surface area contributed by atoms with Gasteiger partial charge in [-0.1, -0.05) is 11.6 Å². The van der Waals surface area contributed by atoms with Gasteiger partial charge in [-0.25, -0.2) is 0 Å². The Morgan fingerprint density at radius 3 is 3.06 bits per heavy atom. The van der Waals surface area contributed by atoms with Crippen molar-refractivity contribution in [1.82, 2.24) is 0 Å². The van der Waals surface area contributed by atoms with Gasteiger partial charge in [0.2, 0.25) is 0 Å². The first-order valence-electron chi connectivity index (χ1n) is 5.44. The van der Waals surface area contributed by atoms with Crippen molar-refractivity contribution < 1.29 is 9.90 Å². The van der Waals surface area contributed by atoms with E-state index in [1.54, 1.807) is 0 Å². The standard InChI is InChI=1S/C12H12ClNO2/c13-8-1-2-10-7(5-8)6-11-9(12(15)16)3-4-14(10)11/h1-2,5,9,11H,3-4,6H2,(H,15,16). The van der Waals surface area contributed by atoms with E-state index in [1.165, 1.54) is 5.56 Å². The van der Waals surface area contributed by atoms with E-state index in [9.17, 15) is 4.79 Å². The lowest BCUT2D eigenvalue weighted by molar-refractivity contribution is -0.141. The second kappa shape index (κ2) is 3.39. The molecule has 0 aliphatic carbocycles. The number of rotatable bonds is 1. The van der Waals surface area contributed by atoms with Crippen molar-refractivity contribution in [3.8, 4) is 0 Å². The predicted octanol–water partition coefficient (Wildman–Crippen LogP) is 2.18. The number of hydrogen-bond acceptors (Lipinski definition) is 2. The van der Waals surface area contributed by atoms with Gasteiger partial charge >= 0.3 is 5.97 Å². The summed E-state index contributed by atoms with van der Waals surface area (Å²) < 4.78 is 0. The first-order valence-corrected chi connectivity index (χ1v) is 5.82. The maximum atomic E-state index is 11.1. The predicted molar refractivity (Wildman–Crippen MR) is 62.0 cm³/mol. The van der Waals surface area contributed by atoms with Crippen molar-refractivity contribution in [2.45, 2.75) is 18.9 Å². The molecule has 16 heavy (non-hydrogen) atoms. The van der Waals surface area contributed by atoms with Crippen LogP contribution in [0.15, 0.2) is 18.2 Å². The molecule has 84 valence electrons. The third-order valence-corrected chi connectivity index (χ3v) is 3.88. The van der Waals surface area contributed by atoms with E-state index in [-0.39, 0.29) is 12.0 Å². The van der Waals surface area contributed by atoms with E-state index in [0.29, 0.717) is 0 Å². The van der Waals surface area contributed by atoms with E-state index in [1.807, 2.05) is 18.2 Å². The Bertz CT molecular complexity index is 460. The zero-order valence-electron chi connectivity index (χ0n) is 8.69. The van der Waals surface area contributed by atoms with Crippen LogP contribution in [0.4, 0.5) is 5.69 Å². The molecule has 1 saturated heterocycles. The number of carbonyl (C=O) groups is 1. The van der Waals surface area contributed by atoms with Gasteiger partial charge < -0.3 is 10.0 Å². The molecule has 1 aromatic carbocycles. The first-order chi connectivity index (χ1) is 7.66. The Balaban J connectivity index is 1.97. The van der Waals surface area contributed by atoms with Crippen LogP contribution in [0.3, 0.4) is 0 Å². The Labute approximate surface area is 98.6 Å². The second-order valence-electron chi connectivity index (χ2n) is 4.47. The molecule has 2 unspecified atom stereocenters. The van der Waals surface area contributed by atoms with Gasteiger partial charge in [-0.05, 0) is 36.6 Å². The van der Waals surface area contributed by atoms with Crippen molar-refractivity contribution in [2.75, 3.05) is 11.4 Å². The molecule has 0 spiro atoms. The Morgan fingerprint density at radius 2 is 2.31 bits per heavy atom. The van der Waals surface area contributed by atoms with Gasteiger partial charge in [0.1, 0.15) is 0 Å². The van der Waals surface area contributed by atoms with Crippen LogP contribution in [0.5, 0.6) is 0 Å². The topological polar surface area (TPSA) is 40.5 Å². The third kappa shape index (κ3) is 1.31. The third-order valence-electron chi connectivity index (χ3n) is 3.64. The minimum absolute atomic E-state index is 0.131. The van der Waals surface area contributed by atoms with Gasteiger partial charge in [0.25, 0.3) is 0 Å². The lowest BCUT2D eigenvalue weighted by Gasteiger charge is -2.20. The SMILES string of the molecule is O=C(O)C1CCN2c3ccc(Cl)cc3CC12. The molecule has 0 bridgehead atoms. The van der Waals surface area contributed by atoms with Crippen LogP contribution in [-0.2, 0) is 11.2 Å². The molecule has 2 atom stereocenters. The summed E-state index contributed by atoms with van der Waals surface area (Å²) in [6.45, 7) is 0.844. The fourth-order valence-electron chi connectivity index (χ4n) is 2.92. The minimum Gasteiger partial charge on any atom is -0.481 e. The fraction of sp³-hybridized carbons (Fsp3) is 0.417. The number of carboxylic acids is 1. The van der Waals surface area contributed by atoms with Gasteiger partial charge in [-0.15, -0.1) is 0 Å². The van der Waals surface area contributed by atoms with Crippen molar-refractivity contribution in [1.29, 1.82) is 0 Å². The molecule has 3 nitrogen and oxygen atoms in total. The lowest BCUT2D eigenvalue weighted by Crippen LogP contribution is -2.32. The molecule has 0 amide bonds. The van der Waals surface area contributed by atoms with Gasteiger partial charge in [-0.3, -0.25) is 4.79 Å². The molecule has 3 rings (SSSR count). The Hall–Kier alpha value is -1.22. The normalized spacial score (nSPS) is 26.7. The van der Waals surface area contributed by atoms with E-state index in [4.69, 9.17) is 16.7 Å². The van der Waals surface area contributed by atoms with Gasteiger partial charge in [0.15, 0.2) is 0 Å². The average Bonchev–Trinajstić information content (AvgIpc) is 2.74.